The van der Waals surface area contributed by atoms with Gasteiger partial charge in [-0.15, -0.1) is 0 Å². The number of nitrogens with one attached hydrogen (secondary N) is 1. The lowest BCUT2D eigenvalue weighted by atomic mass is 10.0. The number of carbonyl (C=O) groups excluding carboxylic acids is 1. The highest BCUT2D eigenvalue weighted by molar-refractivity contribution is 5.92. The standard InChI is InChI=1S/C21H28N4O/c1-4-16-10-9-11-17(5-2)19(16)24-21-22-15(3)14-18(23-21)20(26)25-12-7-6-8-13-25/h9-11,14H,4-8,12-13H2,1-3H3,(H,22,23,24). The summed E-state index contributed by atoms with van der Waals surface area (Å²) in [5, 5.41) is 3.39. The Morgan fingerprint density at radius 1 is 1.08 bits per heavy atom. The van der Waals surface area contributed by atoms with Gasteiger partial charge in [-0.3, -0.25) is 4.79 Å². The number of anilines is 2. The van der Waals surface area contributed by atoms with Gasteiger partial charge in [-0.2, -0.15) is 0 Å². The highest BCUT2D eigenvalue weighted by Gasteiger charge is 2.20. The molecular weight excluding hydrogens is 324 g/mol. The Hall–Kier alpha value is -2.43. The van der Waals surface area contributed by atoms with Crippen molar-refractivity contribution in [3.63, 3.8) is 0 Å². The van der Waals surface area contributed by atoms with Crippen LogP contribution in [-0.2, 0) is 12.8 Å². The molecule has 0 bridgehead atoms. The largest absolute Gasteiger partial charge is 0.337 e. The average Bonchev–Trinajstić information content (AvgIpc) is 2.67. The summed E-state index contributed by atoms with van der Waals surface area (Å²) in [5.74, 6) is 0.513. The summed E-state index contributed by atoms with van der Waals surface area (Å²) in [5.41, 5.74) is 4.82. The second-order valence-corrected chi connectivity index (χ2v) is 6.85. The van der Waals surface area contributed by atoms with Crippen LogP contribution in [0.5, 0.6) is 0 Å². The molecule has 0 radical (unpaired) electrons. The Morgan fingerprint density at radius 2 is 1.73 bits per heavy atom. The van der Waals surface area contributed by atoms with Crippen LogP contribution in [0, 0.1) is 6.92 Å². The first-order valence-corrected chi connectivity index (χ1v) is 9.65. The molecule has 1 amide bonds. The summed E-state index contributed by atoms with van der Waals surface area (Å²) in [7, 11) is 0. The number of aromatic nitrogens is 2. The van der Waals surface area contributed by atoms with Gasteiger partial charge in [0.15, 0.2) is 0 Å². The predicted octanol–water partition coefficient (Wildman–Crippen LogP) is 4.28. The second-order valence-electron chi connectivity index (χ2n) is 6.85. The zero-order valence-corrected chi connectivity index (χ0v) is 16.0. The number of likely N-dealkylation sites (tertiary alicyclic amines) is 1. The van der Waals surface area contributed by atoms with Gasteiger partial charge in [-0.1, -0.05) is 32.0 Å². The molecule has 0 spiro atoms. The number of para-hydroxylation sites is 1. The number of amides is 1. The van der Waals surface area contributed by atoms with Gasteiger partial charge in [0.2, 0.25) is 5.95 Å². The molecule has 2 aromatic rings. The minimum absolute atomic E-state index is 0.0118. The number of rotatable bonds is 5. The molecule has 0 aliphatic carbocycles. The van der Waals surface area contributed by atoms with E-state index in [4.69, 9.17) is 0 Å². The number of hydrogen-bond acceptors (Lipinski definition) is 4. The fraction of sp³-hybridized carbons (Fsp3) is 0.476. The molecule has 0 unspecified atom stereocenters. The van der Waals surface area contributed by atoms with Gasteiger partial charge in [0.1, 0.15) is 5.69 Å². The molecule has 1 saturated heterocycles. The molecule has 1 aromatic heterocycles. The molecule has 5 heteroatoms. The molecule has 26 heavy (non-hydrogen) atoms. The van der Waals surface area contributed by atoms with Crippen molar-refractivity contribution in [1.82, 2.24) is 14.9 Å². The summed E-state index contributed by atoms with van der Waals surface area (Å²) in [6, 6.07) is 8.12. The quantitative estimate of drug-likeness (QED) is 0.872. The van der Waals surface area contributed by atoms with Crippen molar-refractivity contribution < 1.29 is 4.79 Å². The molecule has 1 aliphatic heterocycles. The summed E-state index contributed by atoms with van der Waals surface area (Å²) >= 11 is 0. The number of nitrogens with zero attached hydrogens (tertiary/aromatic N) is 3. The number of aryl methyl sites for hydroxylation is 3. The number of piperidine rings is 1. The molecule has 0 atom stereocenters. The smallest absolute Gasteiger partial charge is 0.272 e. The van der Waals surface area contributed by atoms with Crippen molar-refractivity contribution in [3.05, 3.63) is 46.8 Å². The highest BCUT2D eigenvalue weighted by Crippen LogP contribution is 2.25. The topological polar surface area (TPSA) is 58.1 Å². The summed E-state index contributed by atoms with van der Waals surface area (Å²) in [6.45, 7) is 7.84. The molecular formula is C21H28N4O. The van der Waals surface area contributed by atoms with Crippen LogP contribution < -0.4 is 5.32 Å². The fourth-order valence-corrected chi connectivity index (χ4v) is 3.51. The van der Waals surface area contributed by atoms with E-state index in [-0.39, 0.29) is 5.91 Å². The van der Waals surface area contributed by atoms with E-state index in [1.807, 2.05) is 11.8 Å². The van der Waals surface area contributed by atoms with E-state index in [9.17, 15) is 4.79 Å². The van der Waals surface area contributed by atoms with Gasteiger partial charge in [0.25, 0.3) is 5.91 Å². The Labute approximate surface area is 155 Å². The van der Waals surface area contributed by atoms with Crippen molar-refractivity contribution in [2.45, 2.75) is 52.9 Å². The zero-order chi connectivity index (χ0) is 18.5. The molecule has 1 aliphatic rings. The lowest BCUT2D eigenvalue weighted by Gasteiger charge is -2.26. The van der Waals surface area contributed by atoms with Crippen molar-refractivity contribution in [2.24, 2.45) is 0 Å². The highest BCUT2D eigenvalue weighted by atomic mass is 16.2. The third-order valence-corrected chi connectivity index (χ3v) is 4.95. The average molecular weight is 352 g/mol. The van der Waals surface area contributed by atoms with Gasteiger partial charge >= 0.3 is 0 Å². The van der Waals surface area contributed by atoms with Crippen molar-refractivity contribution in [3.8, 4) is 0 Å². The van der Waals surface area contributed by atoms with E-state index >= 15 is 0 Å². The van der Waals surface area contributed by atoms with Crippen molar-refractivity contribution in [2.75, 3.05) is 18.4 Å². The summed E-state index contributed by atoms with van der Waals surface area (Å²) in [4.78, 5) is 23.8. The monoisotopic (exact) mass is 352 g/mol. The molecule has 1 aromatic carbocycles. The van der Waals surface area contributed by atoms with Crippen LogP contribution in [0.1, 0.15) is 60.4 Å². The van der Waals surface area contributed by atoms with Crippen LogP contribution >= 0.6 is 0 Å². The van der Waals surface area contributed by atoms with Crippen LogP contribution in [-0.4, -0.2) is 33.9 Å². The van der Waals surface area contributed by atoms with E-state index in [1.54, 1.807) is 6.07 Å². The van der Waals surface area contributed by atoms with Crippen LogP contribution in [0.4, 0.5) is 11.6 Å². The Morgan fingerprint density at radius 3 is 2.35 bits per heavy atom. The summed E-state index contributed by atoms with van der Waals surface area (Å²) < 4.78 is 0. The van der Waals surface area contributed by atoms with E-state index in [2.05, 4.69) is 47.3 Å². The number of hydrogen-bond donors (Lipinski definition) is 1. The Bertz CT molecular complexity index is 759. The van der Waals surface area contributed by atoms with Gasteiger partial charge in [-0.25, -0.2) is 9.97 Å². The normalized spacial score (nSPS) is 14.3. The maximum Gasteiger partial charge on any atom is 0.272 e. The first-order valence-electron chi connectivity index (χ1n) is 9.65. The van der Waals surface area contributed by atoms with E-state index < -0.39 is 0 Å². The maximum absolute atomic E-state index is 12.8. The Balaban J connectivity index is 1.90. The van der Waals surface area contributed by atoms with Gasteiger partial charge < -0.3 is 10.2 Å². The molecule has 5 nitrogen and oxygen atoms in total. The van der Waals surface area contributed by atoms with Gasteiger partial charge in [-0.05, 0) is 56.2 Å². The first-order chi connectivity index (χ1) is 12.6. The van der Waals surface area contributed by atoms with Crippen molar-refractivity contribution >= 4 is 17.5 Å². The van der Waals surface area contributed by atoms with Crippen molar-refractivity contribution in [1.29, 1.82) is 0 Å². The Kier molecular flexibility index (Phi) is 5.86. The minimum Gasteiger partial charge on any atom is -0.337 e. The van der Waals surface area contributed by atoms with E-state index in [0.717, 1.165) is 50.2 Å². The number of benzene rings is 1. The molecule has 138 valence electrons. The van der Waals surface area contributed by atoms with Gasteiger partial charge in [0, 0.05) is 24.5 Å². The van der Waals surface area contributed by atoms with Crippen LogP contribution in [0.2, 0.25) is 0 Å². The third-order valence-electron chi connectivity index (χ3n) is 4.95. The third kappa shape index (κ3) is 4.03. The second kappa shape index (κ2) is 8.30. The van der Waals surface area contributed by atoms with Crippen LogP contribution in [0.25, 0.3) is 0 Å². The SMILES string of the molecule is CCc1cccc(CC)c1Nc1nc(C)cc(C(=O)N2CCCCC2)n1. The van der Waals surface area contributed by atoms with Crippen LogP contribution in [0.15, 0.2) is 24.3 Å². The predicted molar refractivity (Wildman–Crippen MR) is 105 cm³/mol. The first kappa shape index (κ1) is 18.4. The maximum atomic E-state index is 12.8. The van der Waals surface area contributed by atoms with E-state index in [1.165, 1.54) is 17.5 Å². The molecule has 2 heterocycles. The van der Waals surface area contributed by atoms with Crippen LogP contribution in [0.3, 0.4) is 0 Å². The fourth-order valence-electron chi connectivity index (χ4n) is 3.51. The van der Waals surface area contributed by atoms with Gasteiger partial charge in [0.05, 0.1) is 0 Å². The lowest BCUT2D eigenvalue weighted by molar-refractivity contribution is 0.0718. The molecule has 0 saturated carbocycles. The lowest BCUT2D eigenvalue weighted by Crippen LogP contribution is -2.36. The van der Waals surface area contributed by atoms with E-state index in [0.29, 0.717) is 11.6 Å². The molecule has 1 fully saturated rings. The molecule has 3 rings (SSSR count). The zero-order valence-electron chi connectivity index (χ0n) is 16.0. The number of carbonyl (C=O) groups is 1. The minimum atomic E-state index is 0.0118. The summed E-state index contributed by atoms with van der Waals surface area (Å²) in [6.07, 6.45) is 5.21. The molecule has 1 N–H and O–H groups in total.